The molecule has 0 spiro atoms. The molecule has 164 valence electrons. The maximum absolute atomic E-state index is 10.5. The molecule has 1 fully saturated rings. The molecule has 2 aliphatic carbocycles. The average Bonchev–Trinajstić information content (AvgIpc) is 3.22. The maximum atomic E-state index is 10.5. The van der Waals surface area contributed by atoms with Gasteiger partial charge >= 0.3 is 0 Å². The quantitative estimate of drug-likeness (QED) is 0.216. The van der Waals surface area contributed by atoms with Gasteiger partial charge in [0.15, 0.2) is 0 Å². The van der Waals surface area contributed by atoms with Crippen molar-refractivity contribution < 1.29 is 15.3 Å². The number of nitrogens with one attached hydrogen (secondary N) is 1. The Balaban J connectivity index is 1.71. The Hall–Kier alpha value is -1.12. The summed E-state index contributed by atoms with van der Waals surface area (Å²) in [6, 6.07) is 0. The Morgan fingerprint density at radius 2 is 2.03 bits per heavy atom. The number of unbranched alkanes of at least 4 members (excludes halogenated alkanes) is 2. The molecule has 29 heavy (non-hydrogen) atoms. The third kappa shape index (κ3) is 7.90. The van der Waals surface area contributed by atoms with Gasteiger partial charge in [0, 0.05) is 18.9 Å². The van der Waals surface area contributed by atoms with E-state index in [1.54, 1.807) is 5.57 Å². The molecule has 2 aliphatic rings. The van der Waals surface area contributed by atoms with Crippen LogP contribution in [-0.2, 0) is 0 Å². The molecule has 4 N–H and O–H groups in total. The van der Waals surface area contributed by atoms with Gasteiger partial charge in [0.1, 0.15) is 0 Å². The van der Waals surface area contributed by atoms with E-state index in [4.69, 9.17) is 5.11 Å². The van der Waals surface area contributed by atoms with Crippen molar-refractivity contribution >= 4 is 0 Å². The van der Waals surface area contributed by atoms with Gasteiger partial charge in [-0.2, -0.15) is 0 Å². The third-order valence-electron chi connectivity index (χ3n) is 6.53. The lowest BCUT2D eigenvalue weighted by atomic mass is 9.88. The molecular weight excluding hydrogens is 362 g/mol. The highest BCUT2D eigenvalue weighted by atomic mass is 16.3. The number of aliphatic hydroxyl groups is 3. The summed E-state index contributed by atoms with van der Waals surface area (Å²) in [7, 11) is 0. The lowest BCUT2D eigenvalue weighted by Crippen LogP contribution is -2.19. The van der Waals surface area contributed by atoms with Crippen molar-refractivity contribution in [1.29, 1.82) is 0 Å². The summed E-state index contributed by atoms with van der Waals surface area (Å²) in [5.74, 6) is 7.18. The normalized spacial score (nSPS) is 28.1. The van der Waals surface area contributed by atoms with E-state index in [-0.39, 0.29) is 24.5 Å². The molecule has 0 aromatic carbocycles. The first-order valence-electron chi connectivity index (χ1n) is 11.5. The fraction of sp³-hybridized carbons (Fsp3) is 0.760. The average molecular weight is 404 g/mol. The molecular formula is C25H41NO3. The Bertz CT molecular complexity index is 589. The number of aliphatic hydroxyl groups excluding tert-OH is 3. The molecule has 0 radical (unpaired) electrons. The fourth-order valence-corrected chi connectivity index (χ4v) is 4.71. The first-order valence-corrected chi connectivity index (χ1v) is 11.5. The second kappa shape index (κ2) is 13.2. The van der Waals surface area contributed by atoms with Gasteiger partial charge in [0.05, 0.1) is 12.2 Å². The largest absolute Gasteiger partial charge is 0.396 e. The van der Waals surface area contributed by atoms with E-state index in [1.807, 2.05) is 19.9 Å². The van der Waals surface area contributed by atoms with Crippen LogP contribution in [-0.4, -0.2) is 47.2 Å². The van der Waals surface area contributed by atoms with Crippen LogP contribution in [0.1, 0.15) is 65.2 Å². The van der Waals surface area contributed by atoms with Gasteiger partial charge in [-0.3, -0.25) is 0 Å². The molecule has 1 saturated carbocycles. The summed E-state index contributed by atoms with van der Waals surface area (Å²) < 4.78 is 0. The van der Waals surface area contributed by atoms with Gasteiger partial charge in [-0.1, -0.05) is 37.1 Å². The highest BCUT2D eigenvalue weighted by Crippen LogP contribution is 2.48. The van der Waals surface area contributed by atoms with Crippen LogP contribution in [0.25, 0.3) is 0 Å². The topological polar surface area (TPSA) is 72.7 Å². The summed E-state index contributed by atoms with van der Waals surface area (Å²) in [4.78, 5) is 0. The van der Waals surface area contributed by atoms with Crippen molar-refractivity contribution in [1.82, 2.24) is 5.32 Å². The molecule has 4 nitrogen and oxygen atoms in total. The van der Waals surface area contributed by atoms with E-state index in [1.165, 1.54) is 25.7 Å². The lowest BCUT2D eigenvalue weighted by molar-refractivity contribution is 0.137. The van der Waals surface area contributed by atoms with E-state index < -0.39 is 6.10 Å². The number of hydrogen-bond donors (Lipinski definition) is 4. The first kappa shape index (κ1) is 24.2. The zero-order valence-electron chi connectivity index (χ0n) is 18.3. The summed E-state index contributed by atoms with van der Waals surface area (Å²) in [5, 5.41) is 33.0. The van der Waals surface area contributed by atoms with Crippen LogP contribution in [0.15, 0.2) is 23.8 Å². The molecule has 0 aromatic rings. The van der Waals surface area contributed by atoms with E-state index in [9.17, 15) is 10.2 Å². The van der Waals surface area contributed by atoms with E-state index in [0.29, 0.717) is 18.3 Å². The molecule has 0 aliphatic heterocycles. The Morgan fingerprint density at radius 1 is 1.24 bits per heavy atom. The van der Waals surface area contributed by atoms with Crippen molar-refractivity contribution in [2.24, 2.45) is 23.7 Å². The number of rotatable bonds is 13. The van der Waals surface area contributed by atoms with Crippen LogP contribution >= 0.6 is 0 Å². The molecule has 2 rings (SSSR count). The summed E-state index contributed by atoms with van der Waals surface area (Å²) in [6.07, 6.45) is 13.9. The highest BCUT2D eigenvalue weighted by molar-refractivity contribution is 5.21. The van der Waals surface area contributed by atoms with Crippen molar-refractivity contribution in [2.45, 2.75) is 77.4 Å². The highest BCUT2D eigenvalue weighted by Gasteiger charge is 2.43. The van der Waals surface area contributed by atoms with E-state index >= 15 is 0 Å². The van der Waals surface area contributed by atoms with Gasteiger partial charge in [-0.15, -0.1) is 11.8 Å². The Kier molecular flexibility index (Phi) is 11.0. The van der Waals surface area contributed by atoms with Crippen molar-refractivity contribution in [3.05, 3.63) is 23.8 Å². The minimum atomic E-state index is -0.498. The third-order valence-corrected chi connectivity index (χ3v) is 6.53. The molecule has 0 saturated heterocycles. The summed E-state index contributed by atoms with van der Waals surface area (Å²) >= 11 is 0. The van der Waals surface area contributed by atoms with Gasteiger partial charge < -0.3 is 20.6 Å². The smallest absolute Gasteiger partial charge is 0.0755 e. The Labute approximate surface area is 177 Å². The van der Waals surface area contributed by atoms with Crippen LogP contribution in [0.4, 0.5) is 0 Å². The van der Waals surface area contributed by atoms with Gasteiger partial charge in [0.2, 0.25) is 0 Å². The molecule has 6 atom stereocenters. The minimum absolute atomic E-state index is 0.114. The zero-order valence-corrected chi connectivity index (χ0v) is 18.3. The van der Waals surface area contributed by atoms with E-state index in [2.05, 4.69) is 29.3 Å². The van der Waals surface area contributed by atoms with Crippen LogP contribution in [0, 0.1) is 35.5 Å². The number of hydrogen-bond acceptors (Lipinski definition) is 4. The monoisotopic (exact) mass is 403 g/mol. The standard InChI is InChI=1S/C25H41NO3/c1-3-4-9-19(2)24(28)12-11-22-23-17-20(16-21(23)18-25(22)29)10-6-5-7-13-26-14-8-15-27/h11-12,16,19,21-29H,5-10,13-15,17-18H2,1-2H3/b12-11+/t19-,21+,22-,23+,24-,25-/m1/s1. The van der Waals surface area contributed by atoms with Crippen LogP contribution in [0.2, 0.25) is 0 Å². The van der Waals surface area contributed by atoms with Crippen LogP contribution < -0.4 is 5.32 Å². The number of allylic oxidation sites excluding steroid dienone is 2. The predicted molar refractivity (Wildman–Crippen MR) is 119 cm³/mol. The molecule has 0 bridgehead atoms. The minimum Gasteiger partial charge on any atom is -0.396 e. The Morgan fingerprint density at radius 3 is 2.79 bits per heavy atom. The van der Waals surface area contributed by atoms with Gasteiger partial charge in [-0.25, -0.2) is 0 Å². The van der Waals surface area contributed by atoms with Crippen molar-refractivity contribution in [3.8, 4) is 11.8 Å². The molecule has 0 unspecified atom stereocenters. The van der Waals surface area contributed by atoms with Crippen LogP contribution in [0.5, 0.6) is 0 Å². The van der Waals surface area contributed by atoms with Gasteiger partial charge in [0.25, 0.3) is 0 Å². The molecule has 4 heteroatoms. The van der Waals surface area contributed by atoms with Crippen molar-refractivity contribution in [3.63, 3.8) is 0 Å². The zero-order chi connectivity index (χ0) is 21.1. The SMILES string of the molecule is CC#CC[C@@H](C)[C@H](O)/C=C/[C@@H]1[C@H]2CC(CCCCCNCCCO)=C[C@H]2C[C@H]1O. The summed E-state index contributed by atoms with van der Waals surface area (Å²) in [6.45, 7) is 6.05. The molecule has 0 amide bonds. The van der Waals surface area contributed by atoms with Gasteiger partial charge in [-0.05, 0) is 76.3 Å². The van der Waals surface area contributed by atoms with Crippen LogP contribution in [0.3, 0.4) is 0 Å². The second-order valence-electron chi connectivity index (χ2n) is 8.86. The van der Waals surface area contributed by atoms with E-state index in [0.717, 1.165) is 32.4 Å². The van der Waals surface area contributed by atoms with Crippen molar-refractivity contribution in [2.75, 3.05) is 19.7 Å². The summed E-state index contributed by atoms with van der Waals surface area (Å²) in [5.41, 5.74) is 1.56. The first-order chi connectivity index (χ1) is 14.1. The lowest BCUT2D eigenvalue weighted by Gasteiger charge is -2.20. The fourth-order valence-electron chi connectivity index (χ4n) is 4.71. The predicted octanol–water partition coefficient (Wildman–Crippen LogP) is 3.43. The number of fused-ring (bicyclic) bond motifs is 1. The molecule has 0 aromatic heterocycles. The second-order valence-corrected chi connectivity index (χ2v) is 8.86. The maximum Gasteiger partial charge on any atom is 0.0755 e. The molecule has 0 heterocycles.